The summed E-state index contributed by atoms with van der Waals surface area (Å²) in [6.45, 7) is 1.53. The molecule has 1 aliphatic heterocycles. The third-order valence-electron chi connectivity index (χ3n) is 2.01. The predicted octanol–water partition coefficient (Wildman–Crippen LogP) is 0.260. The fourth-order valence-electron chi connectivity index (χ4n) is 1.30. The van der Waals surface area contributed by atoms with Crippen LogP contribution in [0.4, 0.5) is 11.5 Å². The Morgan fingerprint density at radius 2 is 2.54 bits per heavy atom. The van der Waals surface area contributed by atoms with Gasteiger partial charge in [-0.3, -0.25) is 0 Å². The highest BCUT2D eigenvalue weighted by Crippen LogP contribution is 2.16. The summed E-state index contributed by atoms with van der Waals surface area (Å²) in [5, 5.41) is 3.21. The summed E-state index contributed by atoms with van der Waals surface area (Å²) in [6.07, 6.45) is 4.07. The van der Waals surface area contributed by atoms with Gasteiger partial charge >= 0.3 is 0 Å². The molecule has 2 rings (SSSR count). The van der Waals surface area contributed by atoms with E-state index in [1.807, 2.05) is 0 Å². The zero-order chi connectivity index (χ0) is 9.10. The van der Waals surface area contributed by atoms with Gasteiger partial charge in [0.15, 0.2) is 5.82 Å². The van der Waals surface area contributed by atoms with Gasteiger partial charge in [0.25, 0.3) is 0 Å². The van der Waals surface area contributed by atoms with Crippen LogP contribution >= 0.6 is 0 Å². The number of anilines is 2. The molecule has 1 saturated heterocycles. The molecule has 1 aromatic rings. The van der Waals surface area contributed by atoms with Crippen LogP contribution in [0.25, 0.3) is 0 Å². The number of rotatable bonds is 2. The van der Waals surface area contributed by atoms with E-state index in [0.29, 0.717) is 17.5 Å². The summed E-state index contributed by atoms with van der Waals surface area (Å²) in [4.78, 5) is 7.85. The second-order valence-electron chi connectivity index (χ2n) is 3.03. The van der Waals surface area contributed by atoms with Gasteiger partial charge in [-0.2, -0.15) is 0 Å². The molecule has 70 valence electrons. The Morgan fingerprint density at radius 3 is 3.23 bits per heavy atom. The lowest BCUT2D eigenvalue weighted by atomic mass is 10.2. The first-order valence-electron chi connectivity index (χ1n) is 4.26. The average Bonchev–Trinajstić information content (AvgIpc) is 2.61. The van der Waals surface area contributed by atoms with E-state index in [9.17, 15) is 0 Å². The van der Waals surface area contributed by atoms with Gasteiger partial charge in [0, 0.05) is 6.61 Å². The van der Waals surface area contributed by atoms with Crippen LogP contribution in [0.15, 0.2) is 12.5 Å². The Balaban J connectivity index is 2.04. The normalized spacial score (nSPS) is 21.7. The highest BCUT2D eigenvalue weighted by molar-refractivity contribution is 5.59. The minimum absolute atomic E-state index is 0.331. The molecule has 0 aromatic carbocycles. The molecule has 1 unspecified atom stereocenters. The molecule has 1 aromatic heterocycles. The maximum Gasteiger partial charge on any atom is 0.152 e. The average molecular weight is 180 g/mol. The molecule has 0 aliphatic carbocycles. The van der Waals surface area contributed by atoms with Crippen LogP contribution in [0.5, 0.6) is 0 Å². The molecule has 2 heterocycles. The highest BCUT2D eigenvalue weighted by Gasteiger charge is 2.16. The van der Waals surface area contributed by atoms with Crippen molar-refractivity contribution in [3.63, 3.8) is 0 Å². The van der Waals surface area contributed by atoms with Crippen LogP contribution in [0.3, 0.4) is 0 Å². The molecule has 5 nitrogen and oxygen atoms in total. The molecular weight excluding hydrogens is 168 g/mol. The fourth-order valence-corrected chi connectivity index (χ4v) is 1.30. The maximum atomic E-state index is 5.67. The van der Waals surface area contributed by atoms with Crippen molar-refractivity contribution >= 4 is 11.5 Å². The summed E-state index contributed by atoms with van der Waals surface area (Å²) < 4.78 is 5.22. The topological polar surface area (TPSA) is 73.1 Å². The van der Waals surface area contributed by atoms with Gasteiger partial charge < -0.3 is 15.8 Å². The number of nitrogen functional groups attached to an aromatic ring is 1. The van der Waals surface area contributed by atoms with E-state index in [0.717, 1.165) is 19.6 Å². The van der Waals surface area contributed by atoms with Gasteiger partial charge in [-0.1, -0.05) is 0 Å². The summed E-state index contributed by atoms with van der Waals surface area (Å²) >= 11 is 0. The molecule has 1 fully saturated rings. The van der Waals surface area contributed by atoms with Crippen LogP contribution in [0, 0.1) is 0 Å². The van der Waals surface area contributed by atoms with E-state index in [2.05, 4.69) is 15.3 Å². The van der Waals surface area contributed by atoms with Gasteiger partial charge in [-0.15, -0.1) is 0 Å². The molecule has 0 radical (unpaired) electrons. The van der Waals surface area contributed by atoms with Crippen molar-refractivity contribution < 1.29 is 4.74 Å². The van der Waals surface area contributed by atoms with E-state index in [4.69, 9.17) is 10.5 Å². The lowest BCUT2D eigenvalue weighted by Gasteiger charge is -2.11. The molecule has 0 saturated carbocycles. The monoisotopic (exact) mass is 180 g/mol. The Labute approximate surface area is 76.3 Å². The summed E-state index contributed by atoms with van der Waals surface area (Å²) in [5.41, 5.74) is 6.25. The van der Waals surface area contributed by atoms with E-state index in [1.54, 1.807) is 6.20 Å². The molecular formula is C8H12N4O. The third-order valence-corrected chi connectivity index (χ3v) is 2.01. The van der Waals surface area contributed by atoms with Crippen LogP contribution in [-0.4, -0.2) is 29.2 Å². The standard InChI is InChI=1S/C8H12N4O/c9-7-3-10-5-11-8(7)12-6-1-2-13-4-6/h3,5-6H,1-2,4,9H2,(H,10,11,12). The number of nitrogens with two attached hydrogens (primary N) is 1. The Hall–Kier alpha value is -1.36. The summed E-state index contributed by atoms with van der Waals surface area (Å²) in [7, 11) is 0. The lowest BCUT2D eigenvalue weighted by molar-refractivity contribution is 0.195. The highest BCUT2D eigenvalue weighted by atomic mass is 16.5. The lowest BCUT2D eigenvalue weighted by Crippen LogP contribution is -2.20. The first kappa shape index (κ1) is 8.25. The van der Waals surface area contributed by atoms with E-state index in [-0.39, 0.29) is 0 Å². The van der Waals surface area contributed by atoms with Crippen molar-refractivity contribution in [1.82, 2.24) is 9.97 Å². The number of ether oxygens (including phenoxy) is 1. The van der Waals surface area contributed by atoms with Gasteiger partial charge in [0.1, 0.15) is 6.33 Å². The quantitative estimate of drug-likeness (QED) is 0.683. The first-order chi connectivity index (χ1) is 6.36. The molecule has 3 N–H and O–H groups in total. The van der Waals surface area contributed by atoms with E-state index < -0.39 is 0 Å². The van der Waals surface area contributed by atoms with Gasteiger partial charge in [0.05, 0.1) is 24.5 Å². The predicted molar refractivity (Wildman–Crippen MR) is 49.3 cm³/mol. The Morgan fingerprint density at radius 1 is 1.62 bits per heavy atom. The van der Waals surface area contributed by atoms with Crippen molar-refractivity contribution in [2.75, 3.05) is 24.3 Å². The first-order valence-corrected chi connectivity index (χ1v) is 4.26. The van der Waals surface area contributed by atoms with Crippen LogP contribution < -0.4 is 11.1 Å². The Kier molecular flexibility index (Phi) is 2.27. The van der Waals surface area contributed by atoms with Crippen LogP contribution in [0.2, 0.25) is 0 Å². The number of nitrogens with zero attached hydrogens (tertiary/aromatic N) is 2. The van der Waals surface area contributed by atoms with Crippen molar-refractivity contribution in [2.45, 2.75) is 12.5 Å². The van der Waals surface area contributed by atoms with E-state index in [1.165, 1.54) is 6.33 Å². The van der Waals surface area contributed by atoms with Crippen molar-refractivity contribution in [3.05, 3.63) is 12.5 Å². The van der Waals surface area contributed by atoms with Crippen molar-refractivity contribution in [1.29, 1.82) is 0 Å². The van der Waals surface area contributed by atoms with Gasteiger partial charge in [-0.25, -0.2) is 9.97 Å². The molecule has 1 atom stereocenters. The molecule has 13 heavy (non-hydrogen) atoms. The zero-order valence-corrected chi connectivity index (χ0v) is 7.23. The minimum atomic E-state index is 0.331. The van der Waals surface area contributed by atoms with Crippen molar-refractivity contribution in [3.8, 4) is 0 Å². The van der Waals surface area contributed by atoms with Gasteiger partial charge in [0.2, 0.25) is 0 Å². The maximum absolute atomic E-state index is 5.67. The largest absolute Gasteiger partial charge is 0.394 e. The number of aromatic nitrogens is 2. The molecule has 5 heteroatoms. The fraction of sp³-hybridized carbons (Fsp3) is 0.500. The molecule has 1 aliphatic rings. The number of hydrogen-bond donors (Lipinski definition) is 2. The van der Waals surface area contributed by atoms with Crippen molar-refractivity contribution in [2.24, 2.45) is 0 Å². The minimum Gasteiger partial charge on any atom is -0.394 e. The number of nitrogens with one attached hydrogen (secondary N) is 1. The second kappa shape index (κ2) is 3.57. The van der Waals surface area contributed by atoms with E-state index >= 15 is 0 Å². The SMILES string of the molecule is Nc1cncnc1NC1CCOC1. The van der Waals surface area contributed by atoms with Crippen LogP contribution in [-0.2, 0) is 4.74 Å². The molecule has 0 amide bonds. The summed E-state index contributed by atoms with van der Waals surface area (Å²) in [6, 6.07) is 0.331. The number of hydrogen-bond acceptors (Lipinski definition) is 5. The van der Waals surface area contributed by atoms with Crippen LogP contribution in [0.1, 0.15) is 6.42 Å². The Bertz CT molecular complexity index is 285. The zero-order valence-electron chi connectivity index (χ0n) is 7.23. The molecule has 0 bridgehead atoms. The smallest absolute Gasteiger partial charge is 0.152 e. The second-order valence-corrected chi connectivity index (χ2v) is 3.03. The summed E-state index contributed by atoms with van der Waals surface area (Å²) in [5.74, 6) is 0.700. The molecule has 0 spiro atoms. The van der Waals surface area contributed by atoms with Gasteiger partial charge in [-0.05, 0) is 6.42 Å². The third kappa shape index (κ3) is 1.86.